The van der Waals surface area contributed by atoms with E-state index in [1.165, 1.54) is 0 Å². The van der Waals surface area contributed by atoms with Gasteiger partial charge < -0.3 is 10.3 Å². The molecule has 3 aromatic rings. The summed E-state index contributed by atoms with van der Waals surface area (Å²) < 4.78 is 16.2. The Bertz CT molecular complexity index is 1260. The Labute approximate surface area is 184 Å². The third-order valence-corrected chi connectivity index (χ3v) is 6.19. The number of nitrogens with one attached hydrogen (secondary N) is 2. The molecule has 0 atom stereocenters. The minimum atomic E-state index is -0.599. The second-order valence-electron chi connectivity index (χ2n) is 8.05. The summed E-state index contributed by atoms with van der Waals surface area (Å²) in [5, 5.41) is 2.74. The molecule has 9 heteroatoms. The summed E-state index contributed by atoms with van der Waals surface area (Å²) in [6.45, 7) is 3.90. The molecule has 0 unspecified atom stereocenters. The Morgan fingerprint density at radius 3 is 2.59 bits per heavy atom. The molecule has 8 nitrogen and oxygen atoms in total. The normalized spacial score (nSPS) is 15.2. The first-order chi connectivity index (χ1) is 15.4. The maximum atomic E-state index is 15.1. The number of hydrogen-bond acceptors (Lipinski definition) is 5. The van der Waals surface area contributed by atoms with Gasteiger partial charge in [-0.3, -0.25) is 24.0 Å². The molecule has 0 saturated carbocycles. The van der Waals surface area contributed by atoms with Gasteiger partial charge in [-0.05, 0) is 56.5 Å². The minimum absolute atomic E-state index is 0.0284. The van der Waals surface area contributed by atoms with Crippen LogP contribution in [0.4, 0.5) is 4.39 Å². The van der Waals surface area contributed by atoms with Crippen molar-refractivity contribution < 1.29 is 9.18 Å². The number of fused-ring (bicyclic) bond motifs is 1. The lowest BCUT2D eigenvalue weighted by Gasteiger charge is -2.32. The van der Waals surface area contributed by atoms with E-state index in [9.17, 15) is 14.4 Å². The smallest absolute Gasteiger partial charge is 0.328 e. The molecule has 1 fully saturated rings. The zero-order chi connectivity index (χ0) is 22.8. The second-order valence-corrected chi connectivity index (χ2v) is 8.05. The highest BCUT2D eigenvalue weighted by Crippen LogP contribution is 2.29. The van der Waals surface area contributed by atoms with Crippen molar-refractivity contribution in [3.05, 3.63) is 73.9 Å². The lowest BCUT2D eigenvalue weighted by atomic mass is 9.90. The van der Waals surface area contributed by atoms with Crippen molar-refractivity contribution in [1.29, 1.82) is 0 Å². The van der Waals surface area contributed by atoms with Crippen LogP contribution < -0.4 is 16.6 Å². The molecule has 1 amide bonds. The Morgan fingerprint density at radius 2 is 1.97 bits per heavy atom. The monoisotopic (exact) mass is 439 g/mol. The van der Waals surface area contributed by atoms with Crippen LogP contribution in [0.3, 0.4) is 0 Å². The van der Waals surface area contributed by atoms with E-state index < -0.39 is 17.1 Å². The number of aromatic nitrogens is 3. The third kappa shape index (κ3) is 4.08. The molecule has 0 spiro atoms. The van der Waals surface area contributed by atoms with Crippen LogP contribution >= 0.6 is 0 Å². The fourth-order valence-corrected chi connectivity index (χ4v) is 4.32. The average molecular weight is 439 g/mol. The van der Waals surface area contributed by atoms with Crippen molar-refractivity contribution in [2.24, 2.45) is 0 Å². The van der Waals surface area contributed by atoms with Gasteiger partial charge in [0.2, 0.25) is 0 Å². The van der Waals surface area contributed by atoms with Gasteiger partial charge in [0.15, 0.2) is 5.82 Å². The van der Waals surface area contributed by atoms with Crippen molar-refractivity contribution in [2.45, 2.75) is 38.8 Å². The lowest BCUT2D eigenvalue weighted by Crippen LogP contribution is -2.35. The molecule has 1 saturated heterocycles. The molecule has 32 heavy (non-hydrogen) atoms. The fraction of sp³-hybridized carbons (Fsp3) is 0.391. The molecule has 1 aliphatic rings. The van der Waals surface area contributed by atoms with E-state index in [-0.39, 0.29) is 23.4 Å². The number of amides is 1. The van der Waals surface area contributed by atoms with E-state index in [4.69, 9.17) is 0 Å². The van der Waals surface area contributed by atoms with Crippen LogP contribution in [-0.4, -0.2) is 45.5 Å². The highest BCUT2D eigenvalue weighted by atomic mass is 19.1. The topological polar surface area (TPSA) is 100 Å². The van der Waals surface area contributed by atoms with E-state index in [1.807, 2.05) is 6.07 Å². The van der Waals surface area contributed by atoms with Crippen LogP contribution in [0.5, 0.6) is 0 Å². The van der Waals surface area contributed by atoms with Crippen LogP contribution in [0.1, 0.15) is 47.3 Å². The number of halogens is 1. The largest absolute Gasteiger partial charge is 0.354 e. The van der Waals surface area contributed by atoms with Crippen molar-refractivity contribution >= 4 is 16.8 Å². The predicted octanol–water partition coefficient (Wildman–Crippen LogP) is 1.98. The first-order valence-electron chi connectivity index (χ1n) is 10.8. The van der Waals surface area contributed by atoms with Crippen LogP contribution in [-0.2, 0) is 13.1 Å². The van der Waals surface area contributed by atoms with E-state index in [2.05, 4.69) is 20.2 Å². The van der Waals surface area contributed by atoms with E-state index in [1.54, 1.807) is 38.4 Å². The molecule has 0 radical (unpaired) electrons. The quantitative estimate of drug-likeness (QED) is 0.633. The summed E-state index contributed by atoms with van der Waals surface area (Å²) in [6, 6.07) is 6.90. The molecule has 3 heterocycles. The van der Waals surface area contributed by atoms with Crippen LogP contribution in [0.15, 0.2) is 40.1 Å². The van der Waals surface area contributed by atoms with Gasteiger partial charge in [0.25, 0.3) is 11.5 Å². The number of rotatable bonds is 5. The third-order valence-electron chi connectivity index (χ3n) is 6.19. The SMILES string of the molecule is CCn1c(=O)[nH]c2c(F)c(CN3CCC(c4ccc(C(=O)NC)nc4)CC3)ccc2c1=O. The number of carbonyl (C=O) groups excluding carboxylic acids is 1. The van der Waals surface area contributed by atoms with Crippen LogP contribution in [0, 0.1) is 5.82 Å². The Morgan fingerprint density at radius 1 is 1.22 bits per heavy atom. The lowest BCUT2D eigenvalue weighted by molar-refractivity contribution is 0.0958. The summed E-state index contributed by atoms with van der Waals surface area (Å²) in [5.74, 6) is -0.419. The van der Waals surface area contributed by atoms with Gasteiger partial charge in [0.1, 0.15) is 5.69 Å². The molecule has 168 valence electrons. The number of likely N-dealkylation sites (tertiary alicyclic amines) is 1. The Kier molecular flexibility index (Phi) is 6.18. The summed E-state index contributed by atoms with van der Waals surface area (Å²) >= 11 is 0. The van der Waals surface area contributed by atoms with E-state index >= 15 is 4.39 Å². The number of aromatic amines is 1. The molecule has 2 N–H and O–H groups in total. The summed E-state index contributed by atoms with van der Waals surface area (Å²) in [4.78, 5) is 45.1. The number of benzene rings is 1. The number of H-pyrrole nitrogens is 1. The fourth-order valence-electron chi connectivity index (χ4n) is 4.32. The van der Waals surface area contributed by atoms with Gasteiger partial charge in [0.05, 0.1) is 10.9 Å². The zero-order valence-electron chi connectivity index (χ0n) is 18.2. The first-order valence-corrected chi connectivity index (χ1v) is 10.8. The number of nitrogens with zero attached hydrogens (tertiary/aromatic N) is 3. The van der Waals surface area contributed by atoms with E-state index in [0.717, 1.165) is 36.1 Å². The molecule has 0 aliphatic carbocycles. The van der Waals surface area contributed by atoms with Gasteiger partial charge in [0, 0.05) is 31.9 Å². The zero-order valence-corrected chi connectivity index (χ0v) is 18.2. The molecular formula is C23H26FN5O3. The minimum Gasteiger partial charge on any atom is -0.354 e. The van der Waals surface area contributed by atoms with Crippen molar-refractivity contribution in [1.82, 2.24) is 24.8 Å². The van der Waals surface area contributed by atoms with Crippen LogP contribution in [0.2, 0.25) is 0 Å². The maximum Gasteiger partial charge on any atom is 0.328 e. The Hall–Kier alpha value is -3.33. The number of hydrogen-bond donors (Lipinski definition) is 2. The molecule has 4 rings (SSSR count). The maximum absolute atomic E-state index is 15.1. The van der Waals surface area contributed by atoms with Gasteiger partial charge in [-0.1, -0.05) is 12.1 Å². The van der Waals surface area contributed by atoms with Crippen LogP contribution in [0.25, 0.3) is 10.9 Å². The number of carbonyl (C=O) groups is 1. The molecule has 1 aromatic carbocycles. The number of piperidine rings is 1. The van der Waals surface area contributed by atoms with Crippen molar-refractivity contribution in [3.63, 3.8) is 0 Å². The van der Waals surface area contributed by atoms with E-state index in [0.29, 0.717) is 23.7 Å². The summed E-state index contributed by atoms with van der Waals surface area (Å²) in [6.07, 6.45) is 3.55. The Balaban J connectivity index is 1.46. The summed E-state index contributed by atoms with van der Waals surface area (Å²) in [5.41, 5.74) is 0.839. The number of pyridine rings is 1. The standard InChI is InChI=1S/C23H26FN5O3/c1-3-29-22(31)17-6-4-16(19(24)20(17)27-23(29)32)13-28-10-8-14(9-11-28)15-5-7-18(26-12-15)21(30)25-2/h4-7,12,14H,3,8-11,13H2,1-2H3,(H,25,30)(H,27,32). The average Bonchev–Trinajstić information content (AvgIpc) is 2.81. The molecule has 2 aromatic heterocycles. The van der Waals surface area contributed by atoms with Gasteiger partial charge in [-0.2, -0.15) is 0 Å². The predicted molar refractivity (Wildman–Crippen MR) is 119 cm³/mol. The highest BCUT2D eigenvalue weighted by molar-refractivity contribution is 5.91. The second kappa shape index (κ2) is 9.04. The van der Waals surface area contributed by atoms with Gasteiger partial charge in [-0.15, -0.1) is 0 Å². The molecular weight excluding hydrogens is 413 g/mol. The van der Waals surface area contributed by atoms with Gasteiger partial charge in [-0.25, -0.2) is 9.18 Å². The highest BCUT2D eigenvalue weighted by Gasteiger charge is 2.23. The first kappa shape index (κ1) is 21.9. The molecule has 0 bridgehead atoms. The van der Waals surface area contributed by atoms with Crippen molar-refractivity contribution in [2.75, 3.05) is 20.1 Å². The van der Waals surface area contributed by atoms with Crippen molar-refractivity contribution in [3.8, 4) is 0 Å². The molecule has 1 aliphatic heterocycles. The van der Waals surface area contributed by atoms with Gasteiger partial charge >= 0.3 is 5.69 Å². The summed E-state index contributed by atoms with van der Waals surface area (Å²) in [7, 11) is 1.57.